The van der Waals surface area contributed by atoms with Gasteiger partial charge in [-0.1, -0.05) is 24.0 Å². The summed E-state index contributed by atoms with van der Waals surface area (Å²) in [6, 6.07) is 6.15. The summed E-state index contributed by atoms with van der Waals surface area (Å²) >= 11 is 0. The minimum atomic E-state index is 0.712. The van der Waals surface area contributed by atoms with E-state index in [9.17, 15) is 0 Å². The monoisotopic (exact) mass is 187 g/mol. The van der Waals surface area contributed by atoms with Crippen molar-refractivity contribution in [2.24, 2.45) is 0 Å². The van der Waals surface area contributed by atoms with Gasteiger partial charge in [0.15, 0.2) is 0 Å². The Hall–Kier alpha value is -1.46. The van der Waals surface area contributed by atoms with Crippen molar-refractivity contribution in [3.8, 4) is 17.6 Å². The lowest BCUT2D eigenvalue weighted by atomic mass is 10.1. The first kappa shape index (κ1) is 9.11. The third kappa shape index (κ3) is 1.73. The number of ether oxygens (including phenoxy) is 1. The first-order valence-corrected chi connectivity index (χ1v) is 4.80. The normalized spacial score (nSPS) is 12.6. The summed E-state index contributed by atoms with van der Waals surface area (Å²) in [6.45, 7) is 1.50. The first-order chi connectivity index (χ1) is 6.92. The molecule has 1 aromatic rings. The van der Waals surface area contributed by atoms with Crippen molar-refractivity contribution in [2.45, 2.75) is 6.42 Å². The van der Waals surface area contributed by atoms with Crippen molar-refractivity contribution in [1.29, 1.82) is 0 Å². The molecule has 0 fully saturated rings. The van der Waals surface area contributed by atoms with Gasteiger partial charge in [-0.15, -0.1) is 0 Å². The average molecular weight is 187 g/mol. The standard InChI is InChI=1S/C12H13NO/c1-13-8-3-6-10-4-2-5-11-7-9-14-12(10)11/h2,4-5,13H,7-9H2,1H3. The lowest BCUT2D eigenvalue weighted by Crippen LogP contribution is -2.04. The van der Waals surface area contributed by atoms with E-state index in [-0.39, 0.29) is 0 Å². The molecule has 1 heterocycles. The predicted octanol–water partition coefficient (Wildman–Crippen LogP) is 1.19. The van der Waals surface area contributed by atoms with E-state index in [4.69, 9.17) is 4.74 Å². The lowest BCUT2D eigenvalue weighted by Gasteiger charge is -2.00. The molecule has 0 aliphatic carbocycles. The summed E-state index contributed by atoms with van der Waals surface area (Å²) in [4.78, 5) is 0. The van der Waals surface area contributed by atoms with Gasteiger partial charge in [0, 0.05) is 6.42 Å². The van der Waals surface area contributed by atoms with Crippen molar-refractivity contribution < 1.29 is 4.74 Å². The van der Waals surface area contributed by atoms with Gasteiger partial charge in [-0.3, -0.25) is 0 Å². The third-order valence-corrected chi connectivity index (χ3v) is 2.20. The van der Waals surface area contributed by atoms with E-state index >= 15 is 0 Å². The molecule has 0 atom stereocenters. The van der Waals surface area contributed by atoms with Gasteiger partial charge in [0.25, 0.3) is 0 Å². The van der Waals surface area contributed by atoms with Gasteiger partial charge in [-0.05, 0) is 18.7 Å². The van der Waals surface area contributed by atoms with Gasteiger partial charge in [-0.2, -0.15) is 0 Å². The van der Waals surface area contributed by atoms with Gasteiger partial charge >= 0.3 is 0 Å². The Labute approximate surface area is 84.3 Å². The van der Waals surface area contributed by atoms with Crippen LogP contribution in [0.2, 0.25) is 0 Å². The maximum Gasteiger partial charge on any atom is 0.138 e. The van der Waals surface area contributed by atoms with E-state index in [1.807, 2.05) is 19.2 Å². The number of benzene rings is 1. The average Bonchev–Trinajstić information content (AvgIpc) is 2.67. The molecule has 14 heavy (non-hydrogen) atoms. The Bertz CT molecular complexity index is 387. The summed E-state index contributed by atoms with van der Waals surface area (Å²) in [7, 11) is 1.89. The van der Waals surface area contributed by atoms with Crippen LogP contribution in [0.15, 0.2) is 18.2 Å². The maximum atomic E-state index is 5.54. The van der Waals surface area contributed by atoms with Crippen LogP contribution >= 0.6 is 0 Å². The number of fused-ring (bicyclic) bond motifs is 1. The van der Waals surface area contributed by atoms with Crippen LogP contribution in [-0.2, 0) is 6.42 Å². The summed E-state index contributed by atoms with van der Waals surface area (Å²) in [5.74, 6) is 7.13. The van der Waals surface area contributed by atoms with Crippen LogP contribution in [0.3, 0.4) is 0 Å². The second-order valence-electron chi connectivity index (χ2n) is 3.22. The lowest BCUT2D eigenvalue weighted by molar-refractivity contribution is 0.356. The molecule has 2 heteroatoms. The minimum Gasteiger partial charge on any atom is -0.492 e. The highest BCUT2D eigenvalue weighted by atomic mass is 16.5. The van der Waals surface area contributed by atoms with Crippen molar-refractivity contribution in [1.82, 2.24) is 5.32 Å². The molecule has 0 unspecified atom stereocenters. The van der Waals surface area contributed by atoms with E-state index in [0.29, 0.717) is 6.54 Å². The molecule has 1 aliphatic heterocycles. The largest absolute Gasteiger partial charge is 0.492 e. The van der Waals surface area contributed by atoms with E-state index < -0.39 is 0 Å². The van der Waals surface area contributed by atoms with Crippen LogP contribution in [0.1, 0.15) is 11.1 Å². The quantitative estimate of drug-likeness (QED) is 0.667. The van der Waals surface area contributed by atoms with E-state index in [1.54, 1.807) is 0 Å². The molecule has 2 rings (SSSR count). The van der Waals surface area contributed by atoms with Crippen molar-refractivity contribution in [3.63, 3.8) is 0 Å². The van der Waals surface area contributed by atoms with Crippen LogP contribution < -0.4 is 10.1 Å². The highest BCUT2D eigenvalue weighted by molar-refractivity contribution is 5.52. The molecule has 2 nitrogen and oxygen atoms in total. The van der Waals surface area contributed by atoms with Gasteiger partial charge in [-0.25, -0.2) is 0 Å². The Balaban J connectivity index is 2.27. The highest BCUT2D eigenvalue weighted by Gasteiger charge is 2.13. The Morgan fingerprint density at radius 3 is 3.29 bits per heavy atom. The van der Waals surface area contributed by atoms with Crippen LogP contribution in [0.25, 0.3) is 0 Å². The van der Waals surface area contributed by atoms with Crippen LogP contribution in [0.4, 0.5) is 0 Å². The molecule has 0 saturated heterocycles. The molecular weight excluding hydrogens is 174 g/mol. The molecule has 0 aromatic heterocycles. The van der Waals surface area contributed by atoms with Gasteiger partial charge in [0.05, 0.1) is 18.7 Å². The van der Waals surface area contributed by atoms with Gasteiger partial charge in [0.2, 0.25) is 0 Å². The van der Waals surface area contributed by atoms with Crippen molar-refractivity contribution >= 4 is 0 Å². The minimum absolute atomic E-state index is 0.712. The summed E-state index contributed by atoms with van der Waals surface area (Å²) in [6.07, 6.45) is 1.01. The topological polar surface area (TPSA) is 21.3 Å². The van der Waals surface area contributed by atoms with Crippen molar-refractivity contribution in [3.05, 3.63) is 29.3 Å². The molecule has 1 aromatic carbocycles. The van der Waals surface area contributed by atoms with Crippen LogP contribution in [0.5, 0.6) is 5.75 Å². The fourth-order valence-electron chi connectivity index (χ4n) is 1.54. The van der Waals surface area contributed by atoms with Crippen molar-refractivity contribution in [2.75, 3.05) is 20.2 Å². The fourth-order valence-corrected chi connectivity index (χ4v) is 1.54. The molecule has 0 saturated carbocycles. The molecule has 0 radical (unpaired) electrons. The Morgan fingerprint density at radius 2 is 2.43 bits per heavy atom. The maximum absolute atomic E-state index is 5.54. The second kappa shape index (κ2) is 4.17. The van der Waals surface area contributed by atoms with Gasteiger partial charge < -0.3 is 10.1 Å². The fraction of sp³-hybridized carbons (Fsp3) is 0.333. The number of nitrogens with one attached hydrogen (secondary N) is 1. The number of rotatable bonds is 1. The number of hydrogen-bond donors (Lipinski definition) is 1. The molecule has 0 spiro atoms. The Morgan fingerprint density at radius 1 is 1.50 bits per heavy atom. The third-order valence-electron chi connectivity index (χ3n) is 2.20. The predicted molar refractivity (Wildman–Crippen MR) is 56.4 cm³/mol. The van der Waals surface area contributed by atoms with Gasteiger partial charge in [0.1, 0.15) is 5.75 Å². The molecule has 72 valence electrons. The van der Waals surface area contributed by atoms with E-state index in [2.05, 4.69) is 23.2 Å². The van der Waals surface area contributed by atoms with E-state index in [1.165, 1.54) is 5.56 Å². The zero-order valence-electron chi connectivity index (χ0n) is 8.26. The molecule has 0 bridgehead atoms. The molecule has 1 aliphatic rings. The highest BCUT2D eigenvalue weighted by Crippen LogP contribution is 2.28. The van der Waals surface area contributed by atoms with E-state index in [0.717, 1.165) is 24.3 Å². The summed E-state index contributed by atoms with van der Waals surface area (Å²) in [5, 5.41) is 2.99. The number of para-hydroxylation sites is 1. The smallest absolute Gasteiger partial charge is 0.138 e. The summed E-state index contributed by atoms with van der Waals surface area (Å²) < 4.78 is 5.54. The second-order valence-corrected chi connectivity index (χ2v) is 3.22. The van der Waals surface area contributed by atoms with Crippen LogP contribution in [-0.4, -0.2) is 20.2 Å². The molecular formula is C12H13NO. The zero-order valence-corrected chi connectivity index (χ0v) is 8.26. The zero-order chi connectivity index (χ0) is 9.80. The summed E-state index contributed by atoms with van der Waals surface area (Å²) in [5.41, 5.74) is 2.29. The van der Waals surface area contributed by atoms with Crippen LogP contribution in [0, 0.1) is 11.8 Å². The molecule has 1 N–H and O–H groups in total. The first-order valence-electron chi connectivity index (χ1n) is 4.80. The Kier molecular flexibility index (Phi) is 2.71. The number of hydrogen-bond acceptors (Lipinski definition) is 2. The SMILES string of the molecule is CNCC#Cc1cccc2c1OCC2. The molecule has 0 amide bonds.